The van der Waals surface area contributed by atoms with Crippen LogP contribution in [0.3, 0.4) is 0 Å². The van der Waals surface area contributed by atoms with E-state index in [0.717, 1.165) is 5.92 Å². The number of aryl methyl sites for hydroxylation is 1. The van der Waals surface area contributed by atoms with Gasteiger partial charge < -0.3 is 0 Å². The van der Waals surface area contributed by atoms with Gasteiger partial charge in [-0.1, -0.05) is 81.1 Å². The van der Waals surface area contributed by atoms with Gasteiger partial charge in [-0.2, -0.15) is 66.2 Å². The van der Waals surface area contributed by atoms with Crippen LogP contribution in [0.4, 0.5) is 0 Å². The molecule has 0 amide bonds. The van der Waals surface area contributed by atoms with E-state index < -0.39 is 0 Å². The third kappa shape index (κ3) is 16.3. The van der Waals surface area contributed by atoms with E-state index in [0.29, 0.717) is 0 Å². The molecule has 1 atom stereocenters. The number of fused-ring (bicyclic) bond motifs is 1. The summed E-state index contributed by atoms with van der Waals surface area (Å²) in [5, 5.41) is 0. The molecule has 1 radical (unpaired) electrons. The van der Waals surface area contributed by atoms with Crippen molar-refractivity contribution in [2.24, 2.45) is 0 Å². The third-order valence-corrected chi connectivity index (χ3v) is 2.94. The molecule has 0 aromatic heterocycles. The summed E-state index contributed by atoms with van der Waals surface area (Å²) >= 11 is 0. The van der Waals surface area contributed by atoms with Crippen LogP contribution < -0.4 is 0 Å². The predicted molar refractivity (Wildman–Crippen MR) is 113 cm³/mol. The standard InChI is InChI=1S/C10H11.C6H5.4C2H6.V/c1-8-6-7-9-4-2-3-5-10(8)9;1-2-4-6-5-3-1;4*1-2;/h2-3,5,8H,6-7H2,1H3;1-5H;4*1-2H3;/q2*-1;;;;;+2. The molecular weight excluding hydrogens is 339 g/mol. The van der Waals surface area contributed by atoms with Gasteiger partial charge in [0.15, 0.2) is 0 Å². The minimum absolute atomic E-state index is 0. The topological polar surface area (TPSA) is 0 Å². The molecule has 0 spiro atoms. The predicted octanol–water partition coefficient (Wildman–Crippen LogP) is 8.13. The van der Waals surface area contributed by atoms with E-state index in [2.05, 4.69) is 31.2 Å². The SMILES string of the molecule is CC.CC.CC.CC.CC1CCc2[c-]cccc21.[V+2].[c-]1ccccc1. The van der Waals surface area contributed by atoms with E-state index >= 15 is 0 Å². The first kappa shape index (κ1) is 31.8. The maximum absolute atomic E-state index is 3.28. The zero-order valence-corrected chi connectivity index (χ0v) is 19.5. The van der Waals surface area contributed by atoms with E-state index in [9.17, 15) is 0 Å². The zero-order valence-electron chi connectivity index (χ0n) is 18.1. The van der Waals surface area contributed by atoms with Crippen molar-refractivity contribution >= 4 is 0 Å². The first-order valence-electron chi connectivity index (χ1n) is 9.78. The molecule has 25 heavy (non-hydrogen) atoms. The van der Waals surface area contributed by atoms with Crippen molar-refractivity contribution in [3.63, 3.8) is 0 Å². The average molecular weight is 380 g/mol. The van der Waals surface area contributed by atoms with E-state index in [-0.39, 0.29) is 18.6 Å². The Morgan fingerprint density at radius 2 is 1.28 bits per heavy atom. The fourth-order valence-corrected chi connectivity index (χ4v) is 2.02. The summed E-state index contributed by atoms with van der Waals surface area (Å²) in [4.78, 5) is 0. The number of hydrogen-bond acceptors (Lipinski definition) is 0. The molecule has 0 saturated heterocycles. The van der Waals surface area contributed by atoms with Crippen LogP contribution in [0.2, 0.25) is 0 Å². The molecule has 0 fully saturated rings. The maximum Gasteiger partial charge on any atom is 2.00 e. The van der Waals surface area contributed by atoms with Crippen molar-refractivity contribution in [3.05, 3.63) is 71.8 Å². The minimum atomic E-state index is 0. The van der Waals surface area contributed by atoms with E-state index in [1.165, 1.54) is 24.0 Å². The molecule has 1 aliphatic carbocycles. The normalized spacial score (nSPS) is 12.0. The van der Waals surface area contributed by atoms with Crippen LogP contribution in [0.15, 0.2) is 48.5 Å². The van der Waals surface area contributed by atoms with Gasteiger partial charge in [0.05, 0.1) is 0 Å². The van der Waals surface area contributed by atoms with Gasteiger partial charge in [0, 0.05) is 0 Å². The Labute approximate surface area is 171 Å². The molecule has 0 bridgehead atoms. The van der Waals surface area contributed by atoms with Crippen LogP contribution >= 0.6 is 0 Å². The summed E-state index contributed by atoms with van der Waals surface area (Å²) in [6.45, 7) is 18.3. The van der Waals surface area contributed by atoms with Crippen LogP contribution in [-0.4, -0.2) is 0 Å². The molecule has 1 heteroatoms. The smallest absolute Gasteiger partial charge is 0.184 e. The first-order valence-corrected chi connectivity index (χ1v) is 9.78. The van der Waals surface area contributed by atoms with Crippen molar-refractivity contribution in [1.82, 2.24) is 0 Å². The van der Waals surface area contributed by atoms with E-state index in [1.807, 2.05) is 91.8 Å². The molecular formula is C24H40V. The van der Waals surface area contributed by atoms with Gasteiger partial charge in [0.1, 0.15) is 0 Å². The number of rotatable bonds is 0. The molecule has 141 valence electrons. The fourth-order valence-electron chi connectivity index (χ4n) is 2.02. The van der Waals surface area contributed by atoms with Crippen molar-refractivity contribution in [2.75, 3.05) is 0 Å². The third-order valence-electron chi connectivity index (χ3n) is 2.94. The second kappa shape index (κ2) is 27.9. The fraction of sp³-hybridized carbons (Fsp3) is 0.500. The van der Waals surface area contributed by atoms with Crippen molar-refractivity contribution in [1.29, 1.82) is 0 Å². The van der Waals surface area contributed by atoms with Gasteiger partial charge in [0.2, 0.25) is 0 Å². The van der Waals surface area contributed by atoms with Crippen LogP contribution in [0.5, 0.6) is 0 Å². The molecule has 0 N–H and O–H groups in total. The van der Waals surface area contributed by atoms with Gasteiger partial charge in [-0.25, -0.2) is 0 Å². The number of hydrogen-bond donors (Lipinski definition) is 0. The van der Waals surface area contributed by atoms with Crippen molar-refractivity contribution < 1.29 is 18.6 Å². The monoisotopic (exact) mass is 379 g/mol. The van der Waals surface area contributed by atoms with Gasteiger partial charge >= 0.3 is 18.6 Å². The summed E-state index contributed by atoms with van der Waals surface area (Å²) in [6.07, 6.45) is 2.55. The summed E-state index contributed by atoms with van der Waals surface area (Å²) in [5.41, 5.74) is 2.96. The molecule has 0 nitrogen and oxygen atoms in total. The molecule has 1 aliphatic rings. The van der Waals surface area contributed by atoms with Gasteiger partial charge in [-0.05, 0) is 0 Å². The van der Waals surface area contributed by atoms with Crippen molar-refractivity contribution in [3.8, 4) is 0 Å². The summed E-state index contributed by atoms with van der Waals surface area (Å²) in [5.74, 6) is 0.771. The minimum Gasteiger partial charge on any atom is -0.184 e. The van der Waals surface area contributed by atoms with Crippen molar-refractivity contribution in [2.45, 2.75) is 81.1 Å². The molecule has 2 aromatic rings. The van der Waals surface area contributed by atoms with Crippen LogP contribution in [-0.2, 0) is 25.0 Å². The van der Waals surface area contributed by atoms with Gasteiger partial charge in [-0.15, -0.1) is 5.56 Å². The summed E-state index contributed by atoms with van der Waals surface area (Å²) < 4.78 is 0. The second-order valence-electron chi connectivity index (χ2n) is 4.12. The Balaban J connectivity index is -0.000000128. The molecule has 2 aromatic carbocycles. The first-order chi connectivity index (χ1) is 11.9. The molecule has 0 heterocycles. The number of benzene rings is 2. The maximum atomic E-state index is 3.28. The molecule has 0 aliphatic heterocycles. The Morgan fingerprint density at radius 3 is 1.64 bits per heavy atom. The van der Waals surface area contributed by atoms with Gasteiger partial charge in [-0.3, -0.25) is 0 Å². The Bertz CT molecular complexity index is 396. The van der Waals surface area contributed by atoms with Crippen LogP contribution in [0.25, 0.3) is 0 Å². The Morgan fingerprint density at radius 1 is 0.760 bits per heavy atom. The summed E-state index contributed by atoms with van der Waals surface area (Å²) in [6, 6.07) is 22.1. The zero-order chi connectivity index (χ0) is 19.2. The second-order valence-corrected chi connectivity index (χ2v) is 4.12. The quantitative estimate of drug-likeness (QED) is 0.405. The Kier molecular flexibility index (Phi) is 35.4. The van der Waals surface area contributed by atoms with Gasteiger partial charge in [0.25, 0.3) is 0 Å². The Hall–Kier alpha value is -0.976. The van der Waals surface area contributed by atoms with Crippen LogP contribution in [0.1, 0.15) is 85.8 Å². The van der Waals surface area contributed by atoms with E-state index in [1.54, 1.807) is 0 Å². The average Bonchev–Trinajstić information content (AvgIpc) is 3.11. The van der Waals surface area contributed by atoms with Crippen LogP contribution in [0, 0.1) is 12.1 Å². The largest absolute Gasteiger partial charge is 2.00 e. The van der Waals surface area contributed by atoms with E-state index in [4.69, 9.17) is 0 Å². The molecule has 3 rings (SSSR count). The summed E-state index contributed by atoms with van der Waals surface area (Å²) in [7, 11) is 0. The molecule has 0 saturated carbocycles. The molecule has 1 unspecified atom stereocenters.